The van der Waals surface area contributed by atoms with Crippen molar-refractivity contribution in [1.82, 2.24) is 0 Å². The second kappa shape index (κ2) is 7.63. The van der Waals surface area contributed by atoms with E-state index >= 15 is 0 Å². The van der Waals surface area contributed by atoms with Gasteiger partial charge in [-0.3, -0.25) is 0 Å². The van der Waals surface area contributed by atoms with Crippen LogP contribution in [0.1, 0.15) is 57.6 Å². The molecule has 2 N–H and O–H groups in total. The van der Waals surface area contributed by atoms with Crippen molar-refractivity contribution < 1.29 is 10.0 Å². The van der Waals surface area contributed by atoms with Crippen molar-refractivity contribution in [3.63, 3.8) is 0 Å². The number of quaternary nitrogens is 1. The molecule has 2 fully saturated rings. The Hall–Kier alpha value is -2.08. The highest BCUT2D eigenvalue weighted by Crippen LogP contribution is 2.47. The minimum atomic E-state index is -1.07. The molecule has 0 amide bonds. The molecule has 3 atom stereocenters. The number of likely N-dealkylation sites (tertiary alicyclic amines) is 1. The summed E-state index contributed by atoms with van der Waals surface area (Å²) in [6, 6.07) is 20.6. The number of hydrogen-bond acceptors (Lipinski definition) is 1. The van der Waals surface area contributed by atoms with Crippen LogP contribution in [0.2, 0.25) is 0 Å². The van der Waals surface area contributed by atoms with E-state index in [-0.39, 0.29) is 0 Å². The number of rotatable bonds is 4. The maximum atomic E-state index is 11.6. The monoisotopic (exact) mass is 388 g/mol. The van der Waals surface area contributed by atoms with E-state index in [4.69, 9.17) is 0 Å². The Balaban J connectivity index is 1.50. The molecule has 2 aromatic rings. The van der Waals surface area contributed by atoms with Crippen LogP contribution in [-0.4, -0.2) is 24.2 Å². The molecule has 4 rings (SSSR count). The standard InChI is InChI=1S/C27H33NO/c1-25(2)18-24-19-26(3,20-25)21-28(24)17-11-10-16-27(29,22-12-6-4-7-13-22)23-14-8-5-9-15-23/h4-9,12-15,24,29H,16-21H2,1-3H3/p+1/t24-,26+/m1/s1. The van der Waals surface area contributed by atoms with Crippen LogP contribution in [0.4, 0.5) is 0 Å². The largest absolute Gasteiger partial charge is 0.379 e. The second-order valence-corrected chi connectivity index (χ2v) is 10.4. The smallest absolute Gasteiger partial charge is 0.139 e. The highest BCUT2D eigenvalue weighted by molar-refractivity contribution is 5.37. The van der Waals surface area contributed by atoms with E-state index in [1.54, 1.807) is 4.90 Å². The first-order valence-electron chi connectivity index (χ1n) is 10.9. The molecule has 1 aliphatic carbocycles. The highest BCUT2D eigenvalue weighted by atomic mass is 16.3. The fraction of sp³-hybridized carbons (Fsp3) is 0.481. The van der Waals surface area contributed by atoms with Gasteiger partial charge in [-0.1, -0.05) is 87.4 Å². The maximum absolute atomic E-state index is 11.6. The molecule has 1 heterocycles. The number of nitrogens with one attached hydrogen (secondary N) is 1. The van der Waals surface area contributed by atoms with Gasteiger partial charge in [-0.25, -0.2) is 0 Å². The van der Waals surface area contributed by atoms with E-state index in [1.807, 2.05) is 60.7 Å². The molecule has 2 aromatic carbocycles. The number of benzene rings is 2. The Bertz CT molecular complexity index is 853. The van der Waals surface area contributed by atoms with Crippen LogP contribution in [0.15, 0.2) is 60.7 Å². The van der Waals surface area contributed by atoms with Gasteiger partial charge in [0.15, 0.2) is 0 Å². The van der Waals surface area contributed by atoms with Crippen molar-refractivity contribution in [2.24, 2.45) is 10.8 Å². The van der Waals surface area contributed by atoms with Crippen molar-refractivity contribution >= 4 is 0 Å². The summed E-state index contributed by atoms with van der Waals surface area (Å²) in [6.45, 7) is 9.43. The molecule has 29 heavy (non-hydrogen) atoms. The molecular weight excluding hydrogens is 354 g/mol. The molecule has 0 aromatic heterocycles. The van der Waals surface area contributed by atoms with Crippen LogP contribution >= 0.6 is 0 Å². The third-order valence-corrected chi connectivity index (χ3v) is 6.96. The van der Waals surface area contributed by atoms with Crippen LogP contribution in [0.3, 0.4) is 0 Å². The molecule has 2 heteroatoms. The third-order valence-electron chi connectivity index (χ3n) is 6.96. The third kappa shape index (κ3) is 4.27. The van der Waals surface area contributed by atoms with E-state index in [1.165, 1.54) is 25.8 Å². The lowest BCUT2D eigenvalue weighted by atomic mass is 9.65. The lowest BCUT2D eigenvalue weighted by Gasteiger charge is -2.37. The highest BCUT2D eigenvalue weighted by Gasteiger charge is 2.52. The van der Waals surface area contributed by atoms with Crippen LogP contribution in [0.5, 0.6) is 0 Å². The first-order chi connectivity index (χ1) is 13.8. The lowest BCUT2D eigenvalue weighted by Crippen LogP contribution is -3.13. The minimum absolute atomic E-state index is 0.418. The van der Waals surface area contributed by atoms with Crippen molar-refractivity contribution in [3.8, 4) is 11.8 Å². The van der Waals surface area contributed by atoms with Crippen LogP contribution in [0, 0.1) is 22.7 Å². The van der Waals surface area contributed by atoms with Gasteiger partial charge in [-0.05, 0) is 28.9 Å². The minimum Gasteiger partial charge on any atom is -0.379 e. The first-order valence-corrected chi connectivity index (χ1v) is 10.9. The summed E-state index contributed by atoms with van der Waals surface area (Å²) in [5.74, 6) is 6.77. The molecule has 0 radical (unpaired) electrons. The van der Waals surface area contributed by atoms with Gasteiger partial charge in [0.2, 0.25) is 0 Å². The molecule has 1 saturated heterocycles. The van der Waals surface area contributed by atoms with Crippen molar-refractivity contribution in [1.29, 1.82) is 0 Å². The first kappa shape index (κ1) is 20.2. The molecular formula is C27H34NO+. The van der Waals surface area contributed by atoms with Gasteiger partial charge in [0.05, 0.1) is 12.6 Å². The zero-order valence-corrected chi connectivity index (χ0v) is 18.0. The quantitative estimate of drug-likeness (QED) is 0.765. The predicted octanol–water partition coefficient (Wildman–Crippen LogP) is 3.80. The molecule has 1 unspecified atom stereocenters. The van der Waals surface area contributed by atoms with Gasteiger partial charge in [0.1, 0.15) is 12.1 Å². The van der Waals surface area contributed by atoms with Gasteiger partial charge in [-0.15, -0.1) is 0 Å². The average molecular weight is 389 g/mol. The molecule has 1 aliphatic heterocycles. The van der Waals surface area contributed by atoms with Crippen LogP contribution in [0.25, 0.3) is 0 Å². The van der Waals surface area contributed by atoms with E-state index in [2.05, 4.69) is 32.6 Å². The van der Waals surface area contributed by atoms with E-state index in [9.17, 15) is 5.11 Å². The van der Waals surface area contributed by atoms with Crippen molar-refractivity contribution in [3.05, 3.63) is 71.8 Å². The normalized spacial score (nSPS) is 27.9. The molecule has 2 bridgehead atoms. The zero-order chi connectivity index (χ0) is 20.5. The summed E-state index contributed by atoms with van der Waals surface area (Å²) in [5.41, 5.74) is 1.66. The maximum Gasteiger partial charge on any atom is 0.139 e. The van der Waals surface area contributed by atoms with Gasteiger partial charge >= 0.3 is 0 Å². The van der Waals surface area contributed by atoms with Crippen LogP contribution in [-0.2, 0) is 5.60 Å². The summed E-state index contributed by atoms with van der Waals surface area (Å²) < 4.78 is 0. The van der Waals surface area contributed by atoms with Gasteiger partial charge in [0, 0.05) is 24.7 Å². The lowest BCUT2D eigenvalue weighted by molar-refractivity contribution is -0.907. The molecule has 0 spiro atoms. The Morgan fingerprint density at radius 1 is 0.931 bits per heavy atom. The Morgan fingerprint density at radius 3 is 2.10 bits per heavy atom. The molecule has 1 saturated carbocycles. The fourth-order valence-electron chi connectivity index (χ4n) is 6.12. The number of fused-ring (bicyclic) bond motifs is 2. The fourth-order valence-corrected chi connectivity index (χ4v) is 6.12. The number of hydrogen-bond donors (Lipinski definition) is 2. The van der Waals surface area contributed by atoms with Crippen LogP contribution < -0.4 is 4.90 Å². The van der Waals surface area contributed by atoms with Crippen molar-refractivity contribution in [2.45, 2.75) is 58.1 Å². The summed E-state index contributed by atoms with van der Waals surface area (Å²) in [4.78, 5) is 1.65. The molecule has 2 nitrogen and oxygen atoms in total. The van der Waals surface area contributed by atoms with Crippen molar-refractivity contribution in [2.75, 3.05) is 13.1 Å². The molecule has 152 valence electrons. The summed E-state index contributed by atoms with van der Waals surface area (Å²) in [5, 5.41) is 11.6. The van der Waals surface area contributed by atoms with Gasteiger partial charge < -0.3 is 10.0 Å². The summed E-state index contributed by atoms with van der Waals surface area (Å²) in [7, 11) is 0. The van der Waals surface area contributed by atoms with Gasteiger partial charge in [-0.2, -0.15) is 0 Å². The Kier molecular flexibility index (Phi) is 5.32. The van der Waals surface area contributed by atoms with Gasteiger partial charge in [0.25, 0.3) is 0 Å². The topological polar surface area (TPSA) is 24.7 Å². The van der Waals surface area contributed by atoms with E-state index in [0.717, 1.165) is 23.7 Å². The summed E-state index contributed by atoms with van der Waals surface area (Å²) in [6.07, 6.45) is 4.39. The van der Waals surface area contributed by atoms with E-state index in [0.29, 0.717) is 17.3 Å². The summed E-state index contributed by atoms with van der Waals surface area (Å²) >= 11 is 0. The number of aliphatic hydroxyl groups is 1. The van der Waals surface area contributed by atoms with E-state index < -0.39 is 5.60 Å². The average Bonchev–Trinajstić information content (AvgIpc) is 2.94. The second-order valence-electron chi connectivity index (χ2n) is 10.4. The predicted molar refractivity (Wildman–Crippen MR) is 118 cm³/mol. The Morgan fingerprint density at radius 2 is 1.52 bits per heavy atom. The SMILES string of the molecule is CC1(C)C[C@@H]2C[C@](C)(C[NH+]2CC#CCC(O)(c2ccccc2)c2ccccc2)C1. The molecule has 2 aliphatic rings. The Labute approximate surface area is 176 Å². The zero-order valence-electron chi connectivity index (χ0n) is 18.0.